The fraction of sp³-hybridized carbons (Fsp3) is 0.0769. The van der Waals surface area contributed by atoms with Gasteiger partial charge in [-0.25, -0.2) is 17.2 Å². The van der Waals surface area contributed by atoms with E-state index in [-0.39, 0.29) is 11.4 Å². The fourth-order valence-corrected chi connectivity index (χ4v) is 3.00. The van der Waals surface area contributed by atoms with Gasteiger partial charge in [0.05, 0.1) is 5.69 Å². The van der Waals surface area contributed by atoms with Crippen molar-refractivity contribution in [1.82, 2.24) is 0 Å². The molecule has 0 aromatic heterocycles. The minimum Gasteiger partial charge on any atom is -0.399 e. The van der Waals surface area contributed by atoms with Gasteiger partial charge in [-0.3, -0.25) is 4.72 Å². The lowest BCUT2D eigenvalue weighted by molar-refractivity contribution is 0.486. The van der Waals surface area contributed by atoms with Crippen molar-refractivity contribution in [1.29, 1.82) is 0 Å². The SMILES string of the molecule is Cc1ccc(NS(=O)(=O)c2cc(N)cc(F)c2F)cc1Cl. The van der Waals surface area contributed by atoms with Gasteiger partial charge in [-0.05, 0) is 36.8 Å². The number of nitrogens with one attached hydrogen (secondary N) is 1. The van der Waals surface area contributed by atoms with Gasteiger partial charge < -0.3 is 5.73 Å². The average molecular weight is 333 g/mol. The monoisotopic (exact) mass is 332 g/mol. The van der Waals surface area contributed by atoms with Gasteiger partial charge in [0, 0.05) is 10.7 Å². The molecule has 0 aliphatic heterocycles. The number of benzene rings is 2. The number of aryl methyl sites for hydroxylation is 1. The molecule has 2 rings (SSSR count). The Balaban J connectivity index is 2.45. The Kier molecular flexibility index (Phi) is 4.06. The average Bonchev–Trinajstić information content (AvgIpc) is 2.37. The summed E-state index contributed by atoms with van der Waals surface area (Å²) in [4.78, 5) is -0.864. The molecule has 0 saturated heterocycles. The Bertz CT molecular complexity index is 810. The lowest BCUT2D eigenvalue weighted by Crippen LogP contribution is -2.16. The third-order valence-corrected chi connectivity index (χ3v) is 4.52. The van der Waals surface area contributed by atoms with Crippen LogP contribution in [-0.2, 0) is 10.0 Å². The zero-order valence-corrected chi connectivity index (χ0v) is 12.4. The molecule has 4 nitrogen and oxygen atoms in total. The molecule has 0 heterocycles. The summed E-state index contributed by atoms with van der Waals surface area (Å²) in [5.41, 5.74) is 6.03. The Hall–Kier alpha value is -1.86. The summed E-state index contributed by atoms with van der Waals surface area (Å²) < 4.78 is 53.2. The van der Waals surface area contributed by atoms with Crippen molar-refractivity contribution in [3.05, 3.63) is 52.6 Å². The first-order chi connectivity index (χ1) is 9.70. The molecule has 0 saturated carbocycles. The van der Waals surface area contributed by atoms with Crippen molar-refractivity contribution in [2.45, 2.75) is 11.8 Å². The number of hydrogen-bond donors (Lipinski definition) is 2. The van der Waals surface area contributed by atoms with Crippen LogP contribution in [0.2, 0.25) is 5.02 Å². The second-order valence-corrected chi connectivity index (χ2v) is 6.44. The Morgan fingerprint density at radius 2 is 1.86 bits per heavy atom. The molecular weight excluding hydrogens is 322 g/mol. The fourth-order valence-electron chi connectivity index (χ4n) is 1.65. The molecule has 2 aromatic rings. The van der Waals surface area contributed by atoms with Crippen LogP contribution < -0.4 is 10.5 Å². The van der Waals surface area contributed by atoms with Gasteiger partial charge in [-0.15, -0.1) is 0 Å². The Morgan fingerprint density at radius 1 is 1.19 bits per heavy atom. The molecule has 8 heteroatoms. The van der Waals surface area contributed by atoms with E-state index in [0.717, 1.165) is 11.6 Å². The normalized spacial score (nSPS) is 11.4. The van der Waals surface area contributed by atoms with Crippen LogP contribution >= 0.6 is 11.6 Å². The third-order valence-electron chi connectivity index (χ3n) is 2.73. The number of rotatable bonds is 3. The number of nitrogens with two attached hydrogens (primary N) is 1. The second kappa shape index (κ2) is 5.50. The standard InChI is InChI=1S/C13H11ClF2N2O2S/c1-7-2-3-9(6-10(7)14)18-21(19,20)12-5-8(17)4-11(15)13(12)16/h2-6,18H,17H2,1H3. The van der Waals surface area contributed by atoms with Gasteiger partial charge in [0.1, 0.15) is 4.90 Å². The van der Waals surface area contributed by atoms with Crippen molar-refractivity contribution in [3.8, 4) is 0 Å². The molecule has 0 aliphatic carbocycles. The van der Waals surface area contributed by atoms with Crippen molar-refractivity contribution in [2.75, 3.05) is 10.5 Å². The minimum absolute atomic E-state index is 0.132. The Labute approximate surface area is 125 Å². The van der Waals surface area contributed by atoms with Gasteiger partial charge in [-0.1, -0.05) is 17.7 Å². The van der Waals surface area contributed by atoms with Gasteiger partial charge in [0.25, 0.3) is 10.0 Å². The molecule has 0 atom stereocenters. The second-order valence-electron chi connectivity index (χ2n) is 4.38. The Morgan fingerprint density at radius 3 is 2.48 bits per heavy atom. The number of halogens is 3. The zero-order valence-electron chi connectivity index (χ0n) is 10.8. The lowest BCUT2D eigenvalue weighted by atomic mass is 10.2. The predicted octanol–water partition coefficient (Wildman–Crippen LogP) is 3.31. The number of sulfonamides is 1. The highest BCUT2D eigenvalue weighted by Crippen LogP contribution is 2.25. The molecular formula is C13H11ClF2N2O2S. The lowest BCUT2D eigenvalue weighted by Gasteiger charge is -2.11. The van der Waals surface area contributed by atoms with Crippen LogP contribution in [0.3, 0.4) is 0 Å². The van der Waals surface area contributed by atoms with Crippen molar-refractivity contribution >= 4 is 33.0 Å². The molecule has 0 radical (unpaired) electrons. The highest BCUT2D eigenvalue weighted by molar-refractivity contribution is 7.92. The first-order valence-corrected chi connectivity index (χ1v) is 7.60. The summed E-state index contributed by atoms with van der Waals surface area (Å²) in [6, 6.07) is 5.97. The maximum Gasteiger partial charge on any atom is 0.265 e. The highest BCUT2D eigenvalue weighted by Gasteiger charge is 2.23. The van der Waals surface area contributed by atoms with Crippen LogP contribution in [0.5, 0.6) is 0 Å². The van der Waals surface area contributed by atoms with Crippen LogP contribution in [0.25, 0.3) is 0 Å². The van der Waals surface area contributed by atoms with Crippen molar-refractivity contribution in [2.24, 2.45) is 0 Å². The smallest absolute Gasteiger partial charge is 0.265 e. The maximum atomic E-state index is 13.6. The maximum absolute atomic E-state index is 13.6. The third kappa shape index (κ3) is 3.25. The van der Waals surface area contributed by atoms with E-state index in [1.54, 1.807) is 13.0 Å². The van der Waals surface area contributed by atoms with Crippen molar-refractivity contribution in [3.63, 3.8) is 0 Å². The van der Waals surface area contributed by atoms with Crippen LogP contribution in [0.1, 0.15) is 5.56 Å². The quantitative estimate of drug-likeness (QED) is 0.847. The molecule has 0 fully saturated rings. The molecule has 0 spiro atoms. The van der Waals surface area contributed by atoms with Crippen LogP contribution in [0, 0.1) is 18.6 Å². The molecule has 0 unspecified atom stereocenters. The molecule has 3 N–H and O–H groups in total. The molecule has 2 aromatic carbocycles. The summed E-state index contributed by atoms with van der Waals surface area (Å²) in [5, 5.41) is 0.342. The minimum atomic E-state index is -4.32. The predicted molar refractivity (Wildman–Crippen MR) is 77.8 cm³/mol. The largest absolute Gasteiger partial charge is 0.399 e. The van der Waals surface area contributed by atoms with E-state index in [1.165, 1.54) is 12.1 Å². The van der Waals surface area contributed by atoms with Crippen molar-refractivity contribution < 1.29 is 17.2 Å². The van der Waals surface area contributed by atoms with Crippen LogP contribution in [-0.4, -0.2) is 8.42 Å². The van der Waals surface area contributed by atoms with Gasteiger partial charge in [-0.2, -0.15) is 0 Å². The molecule has 0 amide bonds. The number of anilines is 2. The van der Waals surface area contributed by atoms with E-state index in [2.05, 4.69) is 4.72 Å². The molecule has 21 heavy (non-hydrogen) atoms. The van der Waals surface area contributed by atoms with Gasteiger partial charge >= 0.3 is 0 Å². The summed E-state index contributed by atoms with van der Waals surface area (Å²) in [6.45, 7) is 1.74. The summed E-state index contributed by atoms with van der Waals surface area (Å²) in [7, 11) is -4.32. The summed E-state index contributed by atoms with van der Waals surface area (Å²) in [6.07, 6.45) is 0. The molecule has 0 bridgehead atoms. The summed E-state index contributed by atoms with van der Waals surface area (Å²) >= 11 is 5.88. The van der Waals surface area contributed by atoms with Crippen LogP contribution in [0.15, 0.2) is 35.2 Å². The van der Waals surface area contributed by atoms with Gasteiger partial charge in [0.2, 0.25) is 0 Å². The van der Waals surface area contributed by atoms with Crippen LogP contribution in [0.4, 0.5) is 20.2 Å². The summed E-state index contributed by atoms with van der Waals surface area (Å²) in [5.74, 6) is -2.83. The van der Waals surface area contributed by atoms with E-state index in [9.17, 15) is 17.2 Å². The number of nitrogen functional groups attached to an aromatic ring is 1. The van der Waals surface area contributed by atoms with E-state index in [0.29, 0.717) is 11.1 Å². The molecule has 0 aliphatic rings. The first-order valence-electron chi connectivity index (χ1n) is 5.74. The topological polar surface area (TPSA) is 72.2 Å². The highest BCUT2D eigenvalue weighted by atomic mass is 35.5. The van der Waals surface area contributed by atoms with Gasteiger partial charge in [0.15, 0.2) is 11.6 Å². The zero-order chi connectivity index (χ0) is 15.8. The van der Waals surface area contributed by atoms with E-state index in [1.807, 2.05) is 0 Å². The van der Waals surface area contributed by atoms with E-state index >= 15 is 0 Å². The first kappa shape index (κ1) is 15.5. The van der Waals surface area contributed by atoms with E-state index < -0.39 is 26.6 Å². The van der Waals surface area contributed by atoms with E-state index in [4.69, 9.17) is 17.3 Å². The molecule has 112 valence electrons. The number of hydrogen-bond acceptors (Lipinski definition) is 3.